The molecule has 1 amide bonds. The summed E-state index contributed by atoms with van der Waals surface area (Å²) in [4.78, 5) is 12.1. The number of anilines is 1. The lowest BCUT2D eigenvalue weighted by molar-refractivity contribution is -0.110. The monoisotopic (exact) mass is 299 g/mol. The third-order valence-corrected chi connectivity index (χ3v) is 3.50. The van der Waals surface area contributed by atoms with Crippen LogP contribution in [0.15, 0.2) is 42.5 Å². The summed E-state index contributed by atoms with van der Waals surface area (Å²) in [6, 6.07) is 13.0. The number of halogens is 1. The molecule has 0 bridgehead atoms. The van der Waals surface area contributed by atoms with Gasteiger partial charge in [0.05, 0.1) is 6.61 Å². The molecule has 0 spiro atoms. The van der Waals surface area contributed by atoms with Crippen LogP contribution in [-0.2, 0) is 4.79 Å². The Morgan fingerprint density at radius 3 is 2.67 bits per heavy atom. The Morgan fingerprint density at radius 2 is 1.95 bits per heavy atom. The molecular formula is C17H14ClNO2. The lowest BCUT2D eigenvalue weighted by Gasteiger charge is -2.03. The smallest absolute Gasteiger partial charge is 0.256 e. The van der Waals surface area contributed by atoms with Crippen molar-refractivity contribution in [3.05, 3.63) is 58.6 Å². The number of nitrogens with one attached hydrogen (secondary N) is 1. The van der Waals surface area contributed by atoms with E-state index in [0.717, 1.165) is 22.6 Å². The number of benzene rings is 2. The molecule has 0 fully saturated rings. The summed E-state index contributed by atoms with van der Waals surface area (Å²) in [6.07, 6.45) is 1.85. The highest BCUT2D eigenvalue weighted by atomic mass is 35.5. The van der Waals surface area contributed by atoms with E-state index in [1.807, 2.05) is 43.3 Å². The van der Waals surface area contributed by atoms with Gasteiger partial charge in [-0.2, -0.15) is 0 Å². The second kappa shape index (κ2) is 5.62. The third-order valence-electron chi connectivity index (χ3n) is 3.27. The third kappa shape index (κ3) is 2.78. The minimum atomic E-state index is -0.110. The topological polar surface area (TPSA) is 38.3 Å². The maximum absolute atomic E-state index is 12.1. The summed E-state index contributed by atoms with van der Waals surface area (Å²) >= 11 is 6.01. The SMILES string of the molecule is CCOc1ccc(/C=C2/C(=O)Nc3ccc(Cl)cc32)cc1. The van der Waals surface area contributed by atoms with Gasteiger partial charge in [0.1, 0.15) is 5.75 Å². The Balaban J connectivity index is 1.96. The molecule has 0 aliphatic carbocycles. The number of hydrogen-bond donors (Lipinski definition) is 1. The van der Waals surface area contributed by atoms with Crippen molar-refractivity contribution < 1.29 is 9.53 Å². The van der Waals surface area contributed by atoms with Crippen molar-refractivity contribution >= 4 is 34.8 Å². The molecule has 0 radical (unpaired) electrons. The molecule has 0 unspecified atom stereocenters. The predicted molar refractivity (Wildman–Crippen MR) is 85.6 cm³/mol. The molecular weight excluding hydrogens is 286 g/mol. The predicted octanol–water partition coefficient (Wildman–Crippen LogP) is 4.23. The first-order valence-electron chi connectivity index (χ1n) is 6.73. The number of rotatable bonds is 3. The van der Waals surface area contributed by atoms with Gasteiger partial charge in [-0.3, -0.25) is 4.79 Å². The molecule has 0 saturated carbocycles. The molecule has 1 N–H and O–H groups in total. The summed E-state index contributed by atoms with van der Waals surface area (Å²) in [5.41, 5.74) is 3.19. The second-order valence-electron chi connectivity index (χ2n) is 4.70. The van der Waals surface area contributed by atoms with Crippen molar-refractivity contribution in [3.8, 4) is 5.75 Å². The van der Waals surface area contributed by atoms with Crippen LogP contribution in [0.4, 0.5) is 5.69 Å². The van der Waals surface area contributed by atoms with Crippen LogP contribution in [0.2, 0.25) is 5.02 Å². The zero-order valence-electron chi connectivity index (χ0n) is 11.5. The first kappa shape index (κ1) is 13.7. The molecule has 0 saturated heterocycles. The number of carbonyl (C=O) groups is 1. The van der Waals surface area contributed by atoms with E-state index in [1.54, 1.807) is 12.1 Å². The first-order valence-corrected chi connectivity index (χ1v) is 7.11. The lowest BCUT2D eigenvalue weighted by Crippen LogP contribution is -2.03. The van der Waals surface area contributed by atoms with E-state index in [4.69, 9.17) is 16.3 Å². The molecule has 1 aliphatic heterocycles. The summed E-state index contributed by atoms with van der Waals surface area (Å²) in [7, 11) is 0. The van der Waals surface area contributed by atoms with E-state index in [1.165, 1.54) is 0 Å². The van der Waals surface area contributed by atoms with Crippen LogP contribution < -0.4 is 10.1 Å². The number of carbonyl (C=O) groups excluding carboxylic acids is 1. The molecule has 21 heavy (non-hydrogen) atoms. The van der Waals surface area contributed by atoms with E-state index in [2.05, 4.69) is 5.32 Å². The maximum atomic E-state index is 12.1. The largest absolute Gasteiger partial charge is 0.494 e. The average Bonchev–Trinajstić information content (AvgIpc) is 2.77. The van der Waals surface area contributed by atoms with Gasteiger partial charge in [0.25, 0.3) is 5.91 Å². The zero-order chi connectivity index (χ0) is 14.8. The van der Waals surface area contributed by atoms with Gasteiger partial charge in [0.15, 0.2) is 0 Å². The zero-order valence-corrected chi connectivity index (χ0v) is 12.3. The van der Waals surface area contributed by atoms with E-state index < -0.39 is 0 Å². The van der Waals surface area contributed by atoms with Crippen molar-refractivity contribution in [2.75, 3.05) is 11.9 Å². The fourth-order valence-electron chi connectivity index (χ4n) is 2.30. The number of hydrogen-bond acceptors (Lipinski definition) is 2. The quantitative estimate of drug-likeness (QED) is 0.861. The van der Waals surface area contributed by atoms with Crippen molar-refractivity contribution in [3.63, 3.8) is 0 Å². The highest BCUT2D eigenvalue weighted by Gasteiger charge is 2.24. The van der Waals surface area contributed by atoms with E-state index >= 15 is 0 Å². The number of fused-ring (bicyclic) bond motifs is 1. The highest BCUT2D eigenvalue weighted by molar-refractivity contribution is 6.36. The average molecular weight is 300 g/mol. The van der Waals surface area contributed by atoms with Gasteiger partial charge in [0.2, 0.25) is 0 Å². The molecule has 2 aromatic carbocycles. The Bertz CT molecular complexity index is 720. The standard InChI is InChI=1S/C17H14ClNO2/c1-2-21-13-6-3-11(4-7-13)9-15-14-10-12(18)5-8-16(14)19-17(15)20/h3-10H,2H2,1H3,(H,19,20)/b15-9+. The van der Waals surface area contributed by atoms with Crippen LogP contribution in [-0.4, -0.2) is 12.5 Å². The summed E-state index contributed by atoms with van der Waals surface area (Å²) < 4.78 is 5.41. The van der Waals surface area contributed by atoms with Crippen LogP contribution in [0, 0.1) is 0 Å². The molecule has 1 aliphatic rings. The first-order chi connectivity index (χ1) is 10.2. The van der Waals surface area contributed by atoms with Crippen LogP contribution in [0.1, 0.15) is 18.1 Å². The second-order valence-corrected chi connectivity index (χ2v) is 5.14. The molecule has 3 nitrogen and oxygen atoms in total. The van der Waals surface area contributed by atoms with Gasteiger partial charge in [-0.1, -0.05) is 23.7 Å². The van der Waals surface area contributed by atoms with Gasteiger partial charge < -0.3 is 10.1 Å². The van der Waals surface area contributed by atoms with Crippen molar-refractivity contribution in [1.82, 2.24) is 0 Å². The van der Waals surface area contributed by atoms with Gasteiger partial charge in [-0.25, -0.2) is 0 Å². The van der Waals surface area contributed by atoms with Crippen molar-refractivity contribution in [2.45, 2.75) is 6.92 Å². The Kier molecular flexibility index (Phi) is 3.67. The van der Waals surface area contributed by atoms with E-state index in [0.29, 0.717) is 17.2 Å². The minimum Gasteiger partial charge on any atom is -0.494 e. The van der Waals surface area contributed by atoms with Crippen LogP contribution in [0.25, 0.3) is 11.6 Å². The molecule has 0 atom stereocenters. The van der Waals surface area contributed by atoms with Crippen molar-refractivity contribution in [2.24, 2.45) is 0 Å². The van der Waals surface area contributed by atoms with Crippen LogP contribution in [0.3, 0.4) is 0 Å². The Labute approximate surface area is 128 Å². The molecule has 1 heterocycles. The minimum absolute atomic E-state index is 0.110. The van der Waals surface area contributed by atoms with Gasteiger partial charge in [0, 0.05) is 21.8 Å². The summed E-state index contributed by atoms with van der Waals surface area (Å²) in [5, 5.41) is 3.45. The van der Waals surface area contributed by atoms with Crippen LogP contribution >= 0.6 is 11.6 Å². The summed E-state index contributed by atoms with van der Waals surface area (Å²) in [5.74, 6) is 0.708. The van der Waals surface area contributed by atoms with Crippen molar-refractivity contribution in [1.29, 1.82) is 0 Å². The van der Waals surface area contributed by atoms with Gasteiger partial charge in [-0.15, -0.1) is 0 Å². The van der Waals surface area contributed by atoms with Crippen LogP contribution in [0.5, 0.6) is 5.75 Å². The highest BCUT2D eigenvalue weighted by Crippen LogP contribution is 2.35. The maximum Gasteiger partial charge on any atom is 0.256 e. The number of amides is 1. The summed E-state index contributed by atoms with van der Waals surface area (Å²) in [6.45, 7) is 2.58. The Morgan fingerprint density at radius 1 is 1.19 bits per heavy atom. The fourth-order valence-corrected chi connectivity index (χ4v) is 2.47. The fraction of sp³-hybridized carbons (Fsp3) is 0.118. The molecule has 106 valence electrons. The van der Waals surface area contributed by atoms with E-state index in [-0.39, 0.29) is 5.91 Å². The lowest BCUT2D eigenvalue weighted by atomic mass is 10.0. The molecule has 2 aromatic rings. The molecule has 3 rings (SSSR count). The normalized spacial score (nSPS) is 15.0. The Hall–Kier alpha value is -2.26. The number of ether oxygens (including phenoxy) is 1. The van der Waals surface area contributed by atoms with Gasteiger partial charge >= 0.3 is 0 Å². The van der Waals surface area contributed by atoms with E-state index in [9.17, 15) is 4.79 Å². The van der Waals surface area contributed by atoms with Gasteiger partial charge in [-0.05, 0) is 48.9 Å². The molecule has 4 heteroatoms. The molecule has 0 aromatic heterocycles.